The Balaban J connectivity index is 1.40. The molecule has 0 saturated heterocycles. The van der Waals surface area contributed by atoms with Crippen LogP contribution in [0.5, 0.6) is 23.0 Å². The third kappa shape index (κ3) is 6.73. The number of thiazole rings is 1. The van der Waals surface area contributed by atoms with Crippen LogP contribution in [0.3, 0.4) is 0 Å². The topological polar surface area (TPSA) is 97.6 Å². The number of aromatic nitrogens is 1. The number of carbonyl (C=O) groups excluding carboxylic acids is 1. The van der Waals surface area contributed by atoms with Gasteiger partial charge in [-0.05, 0) is 78.6 Å². The van der Waals surface area contributed by atoms with Crippen LogP contribution in [-0.2, 0) is 16.1 Å². The third-order valence-electron chi connectivity index (χ3n) is 8.14. The molecule has 49 heavy (non-hydrogen) atoms. The molecule has 0 aliphatic carbocycles. The van der Waals surface area contributed by atoms with Gasteiger partial charge in [0, 0.05) is 4.47 Å². The van der Waals surface area contributed by atoms with E-state index in [1.54, 1.807) is 46.3 Å². The Hall–Kier alpha value is -4.87. The van der Waals surface area contributed by atoms with Crippen molar-refractivity contribution in [2.24, 2.45) is 4.99 Å². The first kappa shape index (κ1) is 34.0. The van der Waals surface area contributed by atoms with Gasteiger partial charge in [-0.1, -0.05) is 75.8 Å². The summed E-state index contributed by atoms with van der Waals surface area (Å²) in [6.07, 6.45) is 1.79. The van der Waals surface area contributed by atoms with Crippen molar-refractivity contribution in [3.8, 4) is 23.0 Å². The first-order valence-electron chi connectivity index (χ1n) is 15.7. The molecule has 1 aliphatic rings. The zero-order valence-electron chi connectivity index (χ0n) is 27.7. The number of fused-ring (bicyclic) bond motifs is 2. The number of nitrogens with zero attached hydrogens (tertiary/aromatic N) is 2. The van der Waals surface area contributed by atoms with E-state index in [1.807, 2.05) is 49.4 Å². The highest BCUT2D eigenvalue weighted by Crippen LogP contribution is 2.41. The predicted octanol–water partition coefficient (Wildman–Crippen LogP) is 6.71. The summed E-state index contributed by atoms with van der Waals surface area (Å²) in [7, 11) is 3.13. The Morgan fingerprint density at radius 2 is 1.67 bits per heavy atom. The van der Waals surface area contributed by atoms with E-state index >= 15 is 0 Å². The molecule has 0 fully saturated rings. The maximum absolute atomic E-state index is 14.2. The highest BCUT2D eigenvalue weighted by Gasteiger charge is 2.35. The smallest absolute Gasteiger partial charge is 0.338 e. The maximum atomic E-state index is 14.2. The van der Waals surface area contributed by atoms with E-state index in [0.717, 1.165) is 21.9 Å². The van der Waals surface area contributed by atoms with Gasteiger partial charge in [0.25, 0.3) is 5.56 Å². The van der Waals surface area contributed by atoms with Crippen LogP contribution in [0.2, 0.25) is 0 Å². The summed E-state index contributed by atoms with van der Waals surface area (Å²) in [5.74, 6) is 1.56. The zero-order chi connectivity index (χ0) is 34.7. The lowest BCUT2D eigenvalue weighted by Gasteiger charge is -2.26. The van der Waals surface area contributed by atoms with Crippen LogP contribution >= 0.6 is 27.3 Å². The average molecular weight is 744 g/mol. The molecule has 0 bridgehead atoms. The first-order valence-corrected chi connectivity index (χ1v) is 17.4. The molecule has 1 aromatic heterocycles. The van der Waals surface area contributed by atoms with Gasteiger partial charge in [-0.25, -0.2) is 9.79 Å². The molecule has 5 aromatic rings. The number of ether oxygens (including phenoxy) is 5. The van der Waals surface area contributed by atoms with Crippen LogP contribution in [0.25, 0.3) is 16.8 Å². The van der Waals surface area contributed by atoms with Gasteiger partial charge in [-0.15, -0.1) is 0 Å². The lowest BCUT2D eigenvalue weighted by molar-refractivity contribution is -0.139. The van der Waals surface area contributed by atoms with Gasteiger partial charge in [0.2, 0.25) is 0 Å². The van der Waals surface area contributed by atoms with Crippen LogP contribution < -0.4 is 33.8 Å². The number of hydrogen-bond acceptors (Lipinski definition) is 9. The lowest BCUT2D eigenvalue weighted by atomic mass is 9.95. The number of hydrogen-bond donors (Lipinski definition) is 0. The van der Waals surface area contributed by atoms with E-state index in [4.69, 9.17) is 28.7 Å². The van der Waals surface area contributed by atoms with Gasteiger partial charge in [0.15, 0.2) is 27.8 Å². The van der Waals surface area contributed by atoms with Crippen molar-refractivity contribution in [3.63, 3.8) is 0 Å². The van der Waals surface area contributed by atoms with Crippen molar-refractivity contribution in [3.05, 3.63) is 125 Å². The fraction of sp³-hybridized carbons (Fsp3) is 0.237. The second-order valence-electron chi connectivity index (χ2n) is 11.1. The van der Waals surface area contributed by atoms with E-state index in [0.29, 0.717) is 61.3 Å². The van der Waals surface area contributed by atoms with Crippen LogP contribution in [0, 0.1) is 0 Å². The summed E-state index contributed by atoms with van der Waals surface area (Å²) in [6.45, 7) is 6.34. The molecule has 2 heterocycles. The molecule has 252 valence electrons. The molecule has 0 radical (unpaired) electrons. The first-order chi connectivity index (χ1) is 23.8. The summed E-state index contributed by atoms with van der Waals surface area (Å²) in [5, 5.41) is 2.28. The van der Waals surface area contributed by atoms with Gasteiger partial charge in [-0.2, -0.15) is 0 Å². The van der Waals surface area contributed by atoms with E-state index < -0.39 is 12.0 Å². The van der Waals surface area contributed by atoms with Crippen molar-refractivity contribution in [1.29, 1.82) is 0 Å². The number of carbonyl (C=O) groups is 1. The average Bonchev–Trinajstić information content (AvgIpc) is 3.40. The minimum atomic E-state index is -0.837. The Bertz CT molecular complexity index is 2270. The second-order valence-corrected chi connectivity index (χ2v) is 13.0. The minimum Gasteiger partial charge on any atom is -0.493 e. The number of rotatable bonds is 11. The van der Waals surface area contributed by atoms with E-state index in [-0.39, 0.29) is 17.7 Å². The molecule has 4 aromatic carbocycles. The Morgan fingerprint density at radius 1 is 0.918 bits per heavy atom. The fourth-order valence-corrected chi connectivity index (χ4v) is 7.48. The van der Waals surface area contributed by atoms with Gasteiger partial charge in [0.1, 0.15) is 6.61 Å². The normalized spacial score (nSPS) is 14.3. The van der Waals surface area contributed by atoms with Gasteiger partial charge in [0.05, 0.1) is 49.3 Å². The highest BCUT2D eigenvalue weighted by molar-refractivity contribution is 9.10. The van der Waals surface area contributed by atoms with Gasteiger partial charge in [-0.3, -0.25) is 9.36 Å². The number of esters is 1. The highest BCUT2D eigenvalue weighted by atomic mass is 79.9. The molecule has 0 amide bonds. The van der Waals surface area contributed by atoms with E-state index in [1.165, 1.54) is 15.9 Å². The molecule has 11 heteroatoms. The van der Waals surface area contributed by atoms with Crippen LogP contribution in [0.15, 0.2) is 98.3 Å². The summed E-state index contributed by atoms with van der Waals surface area (Å²) < 4.78 is 31.4. The molecule has 9 nitrogen and oxygen atoms in total. The molecule has 1 aliphatic heterocycles. The molecule has 0 unspecified atom stereocenters. The Morgan fingerprint density at radius 3 is 2.43 bits per heavy atom. The predicted molar refractivity (Wildman–Crippen MR) is 194 cm³/mol. The molecule has 0 spiro atoms. The molecular formula is C38H35BrN2O7S. The second kappa shape index (κ2) is 14.7. The Kier molecular flexibility index (Phi) is 10.2. The van der Waals surface area contributed by atoms with Crippen molar-refractivity contribution in [2.75, 3.05) is 27.4 Å². The number of methoxy groups -OCH3 is 2. The number of halogens is 1. The molecule has 1 atom stereocenters. The summed E-state index contributed by atoms with van der Waals surface area (Å²) >= 11 is 4.90. The Labute approximate surface area is 295 Å². The van der Waals surface area contributed by atoms with Crippen molar-refractivity contribution < 1.29 is 28.5 Å². The SMILES string of the molecule is CCOC(=O)C1=C(C)N=c2s/c(=C/c3ccc(OCc4cccc5ccccc45)c(OC)c3)c(=O)n2[C@H]1c1cc(OC)c(OCC)cc1Br. The molecule has 6 rings (SSSR count). The van der Waals surface area contributed by atoms with Gasteiger partial charge < -0.3 is 23.7 Å². The van der Waals surface area contributed by atoms with Crippen molar-refractivity contribution >= 4 is 50.1 Å². The third-order valence-corrected chi connectivity index (χ3v) is 9.81. The van der Waals surface area contributed by atoms with Crippen molar-refractivity contribution in [1.82, 2.24) is 4.57 Å². The standard InChI is InChI=1S/C38H35BrN2O7S/c1-6-46-32-20-28(39)27(19-31(32)45-5)35-34(37(43)47-7-2)22(3)40-38-41(35)36(42)33(49-38)18-23-15-16-29(30(17-23)44-4)48-21-25-13-10-12-24-11-8-9-14-26(24)25/h8-20,35H,6-7,21H2,1-5H3/b33-18+/t35-/m0/s1. The quantitative estimate of drug-likeness (QED) is 0.139. The van der Waals surface area contributed by atoms with Gasteiger partial charge >= 0.3 is 5.97 Å². The summed E-state index contributed by atoms with van der Waals surface area (Å²) in [4.78, 5) is 32.8. The van der Waals surface area contributed by atoms with E-state index in [9.17, 15) is 9.59 Å². The number of benzene rings is 4. The van der Waals surface area contributed by atoms with Crippen molar-refractivity contribution in [2.45, 2.75) is 33.4 Å². The minimum absolute atomic E-state index is 0.171. The molecule has 0 N–H and O–H groups in total. The maximum Gasteiger partial charge on any atom is 0.338 e. The summed E-state index contributed by atoms with van der Waals surface area (Å²) in [5.41, 5.74) is 2.85. The summed E-state index contributed by atoms with van der Waals surface area (Å²) in [6, 6.07) is 22.6. The van der Waals surface area contributed by atoms with Crippen LogP contribution in [-0.4, -0.2) is 38.0 Å². The lowest BCUT2D eigenvalue weighted by Crippen LogP contribution is -2.40. The zero-order valence-corrected chi connectivity index (χ0v) is 30.1. The number of allylic oxidation sites excluding steroid dienone is 1. The van der Waals surface area contributed by atoms with E-state index in [2.05, 4.69) is 34.1 Å². The van der Waals surface area contributed by atoms with Crippen LogP contribution in [0.1, 0.15) is 43.5 Å². The molecular weight excluding hydrogens is 708 g/mol. The largest absolute Gasteiger partial charge is 0.493 e. The molecule has 0 saturated carbocycles. The van der Waals surface area contributed by atoms with Crippen LogP contribution in [0.4, 0.5) is 0 Å². The fourth-order valence-electron chi connectivity index (χ4n) is 5.89. The monoisotopic (exact) mass is 742 g/mol.